The summed E-state index contributed by atoms with van der Waals surface area (Å²) in [7, 11) is 0. The standard InChI is InChI=1S/C42H24/c1-2-20-22-5-6-24-26-9-10-29-30-12-11-28-27-8-7-25-23-4-3-21-19(1)31-13-33(21)35(23)15-37(25)39(27)17-41(28)42(30)18-40(29)38(26)16-36(24)34(22)14-32(20)31/h1-12H,13-18H2. The Kier molecular flexibility index (Phi) is 3.00. The third-order valence-electron chi connectivity index (χ3n) is 12.4. The minimum Gasteiger partial charge on any atom is -0.0534 e. The van der Waals surface area contributed by atoms with Crippen molar-refractivity contribution in [2.75, 3.05) is 0 Å². The molecule has 0 aromatic heterocycles. The van der Waals surface area contributed by atoms with Gasteiger partial charge >= 0.3 is 0 Å². The summed E-state index contributed by atoms with van der Waals surface area (Å²) < 4.78 is 0. The molecule has 192 valence electrons. The minimum absolute atomic E-state index is 1.09. The first-order valence-corrected chi connectivity index (χ1v) is 15.7. The Morgan fingerprint density at radius 1 is 0.167 bits per heavy atom. The monoisotopic (exact) mass is 528 g/mol. The Bertz CT molecular complexity index is 1840. The fourth-order valence-corrected chi connectivity index (χ4v) is 10.7. The fourth-order valence-electron chi connectivity index (χ4n) is 10.7. The molecule has 7 aliphatic rings. The van der Waals surface area contributed by atoms with Crippen LogP contribution < -0.4 is 0 Å². The van der Waals surface area contributed by atoms with Crippen LogP contribution in [0.25, 0.3) is 66.8 Å². The molecule has 7 aliphatic carbocycles. The molecule has 0 saturated heterocycles. The van der Waals surface area contributed by atoms with Crippen molar-refractivity contribution in [2.24, 2.45) is 0 Å². The number of rotatable bonds is 0. The molecule has 0 amide bonds. The van der Waals surface area contributed by atoms with E-state index in [1.54, 1.807) is 66.8 Å². The fraction of sp³-hybridized carbons (Fsp3) is 0.143. The highest BCUT2D eigenvalue weighted by Crippen LogP contribution is 2.57. The molecule has 0 heterocycles. The Labute approximate surface area is 244 Å². The maximum absolute atomic E-state index is 2.45. The molecule has 0 fully saturated rings. The molecule has 42 heavy (non-hydrogen) atoms. The van der Waals surface area contributed by atoms with Gasteiger partial charge < -0.3 is 0 Å². The van der Waals surface area contributed by atoms with Crippen LogP contribution in [-0.2, 0) is 38.5 Å². The van der Waals surface area contributed by atoms with Crippen LogP contribution in [0.1, 0.15) is 66.8 Å². The summed E-state index contributed by atoms with van der Waals surface area (Å²) in [6.07, 6.45) is 6.53. The normalized spacial score (nSPS) is 16.0. The number of hydrogen-bond acceptors (Lipinski definition) is 0. The van der Waals surface area contributed by atoms with Crippen molar-refractivity contribution in [1.82, 2.24) is 0 Å². The van der Waals surface area contributed by atoms with E-state index >= 15 is 0 Å². The lowest BCUT2D eigenvalue weighted by Crippen LogP contribution is -1.97. The lowest BCUT2D eigenvalue weighted by molar-refractivity contribution is 1.08. The molecule has 0 heteroatoms. The highest BCUT2D eigenvalue weighted by atomic mass is 14.4. The molecule has 0 spiro atoms. The van der Waals surface area contributed by atoms with Crippen LogP contribution in [0.4, 0.5) is 0 Å². The summed E-state index contributed by atoms with van der Waals surface area (Å²) in [6, 6.07) is 29.4. The van der Waals surface area contributed by atoms with E-state index < -0.39 is 0 Å². The summed E-state index contributed by atoms with van der Waals surface area (Å²) in [5.74, 6) is 0. The van der Waals surface area contributed by atoms with Crippen LogP contribution in [0.3, 0.4) is 0 Å². The van der Waals surface area contributed by atoms with Crippen molar-refractivity contribution in [3.63, 3.8) is 0 Å². The van der Waals surface area contributed by atoms with E-state index in [9.17, 15) is 0 Å². The smallest absolute Gasteiger partial charge is 0.000730 e. The quantitative estimate of drug-likeness (QED) is 0.184. The van der Waals surface area contributed by atoms with Gasteiger partial charge in [0.15, 0.2) is 0 Å². The van der Waals surface area contributed by atoms with Gasteiger partial charge in [0.25, 0.3) is 0 Å². The topological polar surface area (TPSA) is 0 Å². The van der Waals surface area contributed by atoms with Crippen LogP contribution in [0.5, 0.6) is 0 Å². The zero-order valence-corrected chi connectivity index (χ0v) is 23.2. The molecule has 0 saturated carbocycles. The van der Waals surface area contributed by atoms with Gasteiger partial charge in [0, 0.05) is 0 Å². The van der Waals surface area contributed by atoms with Crippen LogP contribution in [0.15, 0.2) is 72.8 Å². The summed E-state index contributed by atoms with van der Waals surface area (Å²) in [4.78, 5) is 0. The van der Waals surface area contributed by atoms with Crippen LogP contribution >= 0.6 is 0 Å². The van der Waals surface area contributed by atoms with Gasteiger partial charge in [0.1, 0.15) is 0 Å². The van der Waals surface area contributed by atoms with Crippen LogP contribution in [-0.4, -0.2) is 0 Å². The zero-order chi connectivity index (χ0) is 26.6. The molecule has 6 aromatic carbocycles. The van der Waals surface area contributed by atoms with E-state index in [0.29, 0.717) is 0 Å². The number of hydrogen-bond donors (Lipinski definition) is 0. The SMILES string of the molecule is c1cc2c3c4c1-c1ccc5c(c1C4)Cc1c-5ccc4c1Cc1c-4ccc4c1Cc1c-4ccc4c1Cc1c-4ccc-2c1C3. The average Bonchev–Trinajstić information content (AvgIpc) is 3.82. The van der Waals surface area contributed by atoms with Gasteiger partial charge in [-0.05, 0) is 172 Å². The summed E-state index contributed by atoms with van der Waals surface area (Å²) in [5.41, 5.74) is 37.1. The highest BCUT2D eigenvalue weighted by Gasteiger charge is 2.38. The Morgan fingerprint density at radius 3 is 0.357 bits per heavy atom. The van der Waals surface area contributed by atoms with Gasteiger partial charge in [-0.2, -0.15) is 0 Å². The Hall–Kier alpha value is -4.68. The van der Waals surface area contributed by atoms with Gasteiger partial charge in [-0.15, -0.1) is 0 Å². The highest BCUT2D eigenvalue weighted by molar-refractivity contribution is 5.97. The van der Waals surface area contributed by atoms with Gasteiger partial charge in [-0.1, -0.05) is 72.8 Å². The van der Waals surface area contributed by atoms with Crippen LogP contribution in [0.2, 0.25) is 0 Å². The minimum atomic E-state index is 1.09. The van der Waals surface area contributed by atoms with E-state index in [0.717, 1.165) is 38.5 Å². The Balaban J connectivity index is 1.15. The van der Waals surface area contributed by atoms with Crippen molar-refractivity contribution in [3.05, 3.63) is 140 Å². The molecule has 0 atom stereocenters. The van der Waals surface area contributed by atoms with E-state index in [1.807, 2.05) is 0 Å². The van der Waals surface area contributed by atoms with Gasteiger partial charge in [-0.3, -0.25) is 0 Å². The molecular weight excluding hydrogens is 504 g/mol. The van der Waals surface area contributed by atoms with E-state index in [2.05, 4.69) is 72.8 Å². The van der Waals surface area contributed by atoms with Gasteiger partial charge in [-0.25, -0.2) is 0 Å². The molecule has 0 radical (unpaired) electrons. The second-order valence-electron chi connectivity index (χ2n) is 13.8. The van der Waals surface area contributed by atoms with Crippen molar-refractivity contribution < 1.29 is 0 Å². The molecule has 13 rings (SSSR count). The maximum atomic E-state index is 2.45. The first-order chi connectivity index (χ1) is 20.8. The number of benzene rings is 6. The third-order valence-corrected chi connectivity index (χ3v) is 12.4. The second kappa shape index (κ2) is 6.22. The average molecular weight is 529 g/mol. The second-order valence-corrected chi connectivity index (χ2v) is 13.8. The largest absolute Gasteiger partial charge is 0.0534 e. The van der Waals surface area contributed by atoms with Gasteiger partial charge in [0.2, 0.25) is 0 Å². The summed E-state index contributed by atoms with van der Waals surface area (Å²) in [6.45, 7) is 0. The molecule has 0 aliphatic heterocycles. The molecule has 0 nitrogen and oxygen atoms in total. The van der Waals surface area contributed by atoms with E-state index in [-0.39, 0.29) is 0 Å². The van der Waals surface area contributed by atoms with Gasteiger partial charge in [0.05, 0.1) is 0 Å². The van der Waals surface area contributed by atoms with Crippen LogP contribution in [0, 0.1) is 0 Å². The zero-order valence-electron chi connectivity index (χ0n) is 23.2. The molecule has 6 aromatic rings. The predicted octanol–water partition coefficient (Wildman–Crippen LogP) is 9.43. The molecule has 0 N–H and O–H groups in total. The summed E-state index contributed by atoms with van der Waals surface area (Å²) in [5, 5.41) is 0. The van der Waals surface area contributed by atoms with Crippen molar-refractivity contribution in [2.45, 2.75) is 38.5 Å². The lowest BCUT2D eigenvalue weighted by atomic mass is 9.95. The first-order valence-electron chi connectivity index (χ1n) is 15.7. The maximum Gasteiger partial charge on any atom is -0.000730 e. The molecule has 24 bridgehead atoms. The van der Waals surface area contributed by atoms with Crippen molar-refractivity contribution in [3.8, 4) is 66.8 Å². The third kappa shape index (κ3) is 1.97. The lowest BCUT2D eigenvalue weighted by Gasteiger charge is -2.09. The summed E-state index contributed by atoms with van der Waals surface area (Å²) >= 11 is 0. The molecule has 0 unspecified atom stereocenters. The predicted molar refractivity (Wildman–Crippen MR) is 169 cm³/mol. The van der Waals surface area contributed by atoms with Crippen molar-refractivity contribution >= 4 is 0 Å². The van der Waals surface area contributed by atoms with E-state index in [4.69, 9.17) is 0 Å². The first kappa shape index (κ1) is 20.2. The van der Waals surface area contributed by atoms with Crippen molar-refractivity contribution in [1.29, 1.82) is 0 Å². The van der Waals surface area contributed by atoms with E-state index in [1.165, 1.54) is 66.8 Å². The Morgan fingerprint density at radius 2 is 0.262 bits per heavy atom. The molecular formula is C42H24.